The maximum atomic E-state index is 9.10. The molecule has 0 aromatic rings. The summed E-state index contributed by atoms with van der Waals surface area (Å²) in [4.78, 5) is 0. The maximum Gasteiger partial charge on any atom is 0.118 e. The summed E-state index contributed by atoms with van der Waals surface area (Å²) in [6, 6.07) is 0. The first-order valence-electron chi connectivity index (χ1n) is 4.08. The molecule has 0 aliphatic rings. The van der Waals surface area contributed by atoms with Crippen molar-refractivity contribution in [2.75, 3.05) is 0 Å². The maximum absolute atomic E-state index is 9.10. The van der Waals surface area contributed by atoms with Crippen LogP contribution in [0.15, 0.2) is 12.7 Å². The summed E-state index contributed by atoms with van der Waals surface area (Å²) in [5.41, 5.74) is 0. The van der Waals surface area contributed by atoms with Crippen LogP contribution in [0.2, 0.25) is 0 Å². The van der Waals surface area contributed by atoms with E-state index in [4.69, 9.17) is 5.11 Å². The molecule has 0 amide bonds. The summed E-state index contributed by atoms with van der Waals surface area (Å²) in [5, 5.41) is 9.10. The minimum absolute atomic E-state index is 0.510. The Hall–Kier alpha value is -0.740. The van der Waals surface area contributed by atoms with E-state index in [1.165, 1.54) is 0 Å². The topological polar surface area (TPSA) is 20.2 Å². The van der Waals surface area contributed by atoms with Crippen molar-refractivity contribution >= 4 is 0 Å². The summed E-state index contributed by atoms with van der Waals surface area (Å²) in [6.07, 6.45) is 4.91. The second kappa shape index (κ2) is 7.37. The molecule has 0 saturated carbocycles. The van der Waals surface area contributed by atoms with E-state index in [9.17, 15) is 0 Å². The molecular weight excluding hydrogens is 136 g/mol. The molecule has 0 aliphatic heterocycles. The molecule has 62 valence electrons. The van der Waals surface area contributed by atoms with Gasteiger partial charge in [-0.3, -0.25) is 0 Å². The van der Waals surface area contributed by atoms with E-state index in [2.05, 4.69) is 25.3 Å². The molecule has 0 bridgehead atoms. The fraction of sp³-hybridized carbons (Fsp3) is 0.600. The lowest BCUT2D eigenvalue weighted by Crippen LogP contribution is -1.99. The van der Waals surface area contributed by atoms with Crippen molar-refractivity contribution < 1.29 is 5.11 Å². The minimum atomic E-state index is -0.510. The van der Waals surface area contributed by atoms with Gasteiger partial charge >= 0.3 is 0 Å². The Morgan fingerprint density at radius 2 is 2.36 bits per heavy atom. The predicted octanol–water partition coefficient (Wildman–Crippen LogP) is 2.12. The van der Waals surface area contributed by atoms with E-state index >= 15 is 0 Å². The van der Waals surface area contributed by atoms with Gasteiger partial charge in [0.25, 0.3) is 0 Å². The van der Waals surface area contributed by atoms with Crippen LogP contribution in [0, 0.1) is 11.8 Å². The van der Waals surface area contributed by atoms with Crippen molar-refractivity contribution in [2.24, 2.45) is 0 Å². The lowest BCUT2D eigenvalue weighted by Gasteiger charge is -1.94. The van der Waals surface area contributed by atoms with Crippen LogP contribution in [0.4, 0.5) is 0 Å². The Labute approximate surface area is 69.1 Å². The second-order valence-electron chi connectivity index (χ2n) is 2.46. The molecule has 0 heterocycles. The first kappa shape index (κ1) is 10.3. The van der Waals surface area contributed by atoms with Crippen LogP contribution in [-0.2, 0) is 0 Å². The summed E-state index contributed by atoms with van der Waals surface area (Å²) >= 11 is 0. The zero-order valence-corrected chi connectivity index (χ0v) is 7.14. The van der Waals surface area contributed by atoms with E-state index in [1.807, 2.05) is 0 Å². The van der Waals surface area contributed by atoms with Gasteiger partial charge in [-0.1, -0.05) is 25.3 Å². The highest BCUT2D eigenvalue weighted by molar-refractivity contribution is 5.05. The largest absolute Gasteiger partial charge is 0.380 e. The number of aliphatic hydroxyl groups is 1. The Kier molecular flexibility index (Phi) is 6.87. The molecule has 0 fully saturated rings. The first-order valence-corrected chi connectivity index (χ1v) is 4.08. The standard InChI is InChI=1S/C10H16O/c1-3-5-6-7-9-10(11)8-4-2/h4,10-11H,2-3,5-6,8H2,1H3/t10-/m0/s1. The molecule has 0 unspecified atom stereocenters. The van der Waals surface area contributed by atoms with E-state index in [0.717, 1.165) is 19.3 Å². The Morgan fingerprint density at radius 1 is 1.64 bits per heavy atom. The summed E-state index contributed by atoms with van der Waals surface area (Å²) in [6.45, 7) is 5.64. The van der Waals surface area contributed by atoms with Gasteiger partial charge in [-0.05, 0) is 6.42 Å². The van der Waals surface area contributed by atoms with Gasteiger partial charge in [0.1, 0.15) is 6.10 Å². The molecule has 0 spiro atoms. The van der Waals surface area contributed by atoms with E-state index in [-0.39, 0.29) is 0 Å². The molecule has 1 atom stereocenters. The molecule has 1 heteroatoms. The highest BCUT2D eigenvalue weighted by Crippen LogP contribution is 1.93. The Balaban J connectivity index is 3.42. The fourth-order valence-corrected chi connectivity index (χ4v) is 0.672. The molecule has 0 aliphatic carbocycles. The third-order valence-corrected chi connectivity index (χ3v) is 1.31. The van der Waals surface area contributed by atoms with Crippen molar-refractivity contribution in [3.05, 3.63) is 12.7 Å². The number of aliphatic hydroxyl groups excluding tert-OH is 1. The fourth-order valence-electron chi connectivity index (χ4n) is 0.672. The normalized spacial score (nSPS) is 11.5. The number of unbranched alkanes of at least 4 members (excludes halogenated alkanes) is 2. The number of hydrogen-bond donors (Lipinski definition) is 1. The number of rotatable bonds is 4. The van der Waals surface area contributed by atoms with Crippen LogP contribution in [0.5, 0.6) is 0 Å². The van der Waals surface area contributed by atoms with Gasteiger partial charge in [-0.15, -0.1) is 12.5 Å². The van der Waals surface area contributed by atoms with Crippen LogP contribution in [0.3, 0.4) is 0 Å². The smallest absolute Gasteiger partial charge is 0.118 e. The molecule has 0 aromatic carbocycles. The molecule has 0 saturated heterocycles. The summed E-state index contributed by atoms with van der Waals surface area (Å²) in [5.74, 6) is 5.68. The second-order valence-corrected chi connectivity index (χ2v) is 2.46. The highest BCUT2D eigenvalue weighted by atomic mass is 16.3. The minimum Gasteiger partial charge on any atom is -0.380 e. The SMILES string of the molecule is C=CC[C@H](O)C#CCCCC. The molecule has 1 nitrogen and oxygen atoms in total. The summed E-state index contributed by atoms with van der Waals surface area (Å²) < 4.78 is 0. The van der Waals surface area contributed by atoms with Gasteiger partial charge in [-0.2, -0.15) is 0 Å². The molecule has 1 N–H and O–H groups in total. The van der Waals surface area contributed by atoms with Crippen LogP contribution in [0.25, 0.3) is 0 Å². The Morgan fingerprint density at radius 3 is 2.91 bits per heavy atom. The zero-order chi connectivity index (χ0) is 8.53. The lowest BCUT2D eigenvalue weighted by molar-refractivity contribution is 0.236. The van der Waals surface area contributed by atoms with Crippen molar-refractivity contribution in [3.63, 3.8) is 0 Å². The quantitative estimate of drug-likeness (QED) is 0.371. The van der Waals surface area contributed by atoms with Crippen molar-refractivity contribution in [2.45, 2.75) is 38.7 Å². The number of hydrogen-bond acceptors (Lipinski definition) is 1. The Bertz CT molecular complexity index is 150. The lowest BCUT2D eigenvalue weighted by atomic mass is 10.2. The van der Waals surface area contributed by atoms with Gasteiger partial charge in [0.2, 0.25) is 0 Å². The predicted molar refractivity (Wildman–Crippen MR) is 48.1 cm³/mol. The molecular formula is C10H16O. The van der Waals surface area contributed by atoms with Crippen molar-refractivity contribution in [1.82, 2.24) is 0 Å². The van der Waals surface area contributed by atoms with Gasteiger partial charge in [0.15, 0.2) is 0 Å². The van der Waals surface area contributed by atoms with E-state index < -0.39 is 6.10 Å². The van der Waals surface area contributed by atoms with Gasteiger partial charge in [0, 0.05) is 12.8 Å². The zero-order valence-electron chi connectivity index (χ0n) is 7.14. The van der Waals surface area contributed by atoms with Crippen molar-refractivity contribution in [3.8, 4) is 11.8 Å². The van der Waals surface area contributed by atoms with E-state index in [1.54, 1.807) is 6.08 Å². The van der Waals surface area contributed by atoms with Gasteiger partial charge in [-0.25, -0.2) is 0 Å². The monoisotopic (exact) mass is 152 g/mol. The summed E-state index contributed by atoms with van der Waals surface area (Å²) in [7, 11) is 0. The van der Waals surface area contributed by atoms with Crippen LogP contribution >= 0.6 is 0 Å². The third kappa shape index (κ3) is 7.15. The van der Waals surface area contributed by atoms with Gasteiger partial charge < -0.3 is 5.11 Å². The van der Waals surface area contributed by atoms with E-state index in [0.29, 0.717) is 6.42 Å². The van der Waals surface area contributed by atoms with Crippen LogP contribution in [-0.4, -0.2) is 11.2 Å². The molecule has 0 rings (SSSR count). The molecule has 0 aromatic heterocycles. The van der Waals surface area contributed by atoms with Gasteiger partial charge in [0.05, 0.1) is 0 Å². The first-order chi connectivity index (χ1) is 5.31. The van der Waals surface area contributed by atoms with Crippen molar-refractivity contribution in [1.29, 1.82) is 0 Å². The molecule has 0 radical (unpaired) electrons. The molecule has 11 heavy (non-hydrogen) atoms. The highest BCUT2D eigenvalue weighted by Gasteiger charge is 1.91. The van der Waals surface area contributed by atoms with Crippen LogP contribution in [0.1, 0.15) is 32.6 Å². The average molecular weight is 152 g/mol. The van der Waals surface area contributed by atoms with Crippen LogP contribution < -0.4 is 0 Å². The average Bonchev–Trinajstić information content (AvgIpc) is 1.99. The third-order valence-electron chi connectivity index (χ3n) is 1.31.